The first-order valence-corrected chi connectivity index (χ1v) is 8.38. The molecule has 1 N–H and O–H groups in total. The standard InChI is InChI=1S/C18H13Cl2N3O3/c1-10(17(24)23-16-12(19)3-2-4-13(16)20)26-18(25)11-5-6-14-15(9-11)22-8-7-21-14/h2-10H,1H3,(H,23,24)/t10-/m0/s1. The van der Waals surface area contributed by atoms with E-state index in [1.165, 1.54) is 13.1 Å². The molecule has 3 aromatic rings. The van der Waals surface area contributed by atoms with Gasteiger partial charge in [0.2, 0.25) is 0 Å². The second-order valence-electron chi connectivity index (χ2n) is 5.39. The summed E-state index contributed by atoms with van der Waals surface area (Å²) >= 11 is 12.0. The van der Waals surface area contributed by atoms with Crippen molar-refractivity contribution in [2.75, 3.05) is 5.32 Å². The summed E-state index contributed by atoms with van der Waals surface area (Å²) in [6, 6.07) is 9.63. The third-order valence-corrected chi connectivity index (χ3v) is 4.20. The fraction of sp³-hybridized carbons (Fsp3) is 0.111. The molecule has 0 saturated carbocycles. The van der Waals surface area contributed by atoms with Crippen molar-refractivity contribution >= 4 is 51.8 Å². The van der Waals surface area contributed by atoms with E-state index in [1.807, 2.05) is 0 Å². The Morgan fingerprint density at radius 1 is 1.04 bits per heavy atom. The largest absolute Gasteiger partial charge is 0.449 e. The monoisotopic (exact) mass is 389 g/mol. The van der Waals surface area contributed by atoms with Gasteiger partial charge in [-0.05, 0) is 37.3 Å². The minimum atomic E-state index is -1.05. The lowest BCUT2D eigenvalue weighted by molar-refractivity contribution is -0.123. The molecular weight excluding hydrogens is 377 g/mol. The lowest BCUT2D eigenvalue weighted by atomic mass is 10.2. The number of carbonyl (C=O) groups excluding carboxylic acids is 2. The van der Waals surface area contributed by atoms with Gasteiger partial charge in [0.25, 0.3) is 5.91 Å². The van der Waals surface area contributed by atoms with Crippen LogP contribution in [-0.4, -0.2) is 27.9 Å². The van der Waals surface area contributed by atoms with E-state index in [-0.39, 0.29) is 21.3 Å². The smallest absolute Gasteiger partial charge is 0.338 e. The van der Waals surface area contributed by atoms with Gasteiger partial charge in [-0.25, -0.2) is 4.79 Å². The molecule has 3 rings (SSSR count). The molecule has 26 heavy (non-hydrogen) atoms. The number of carbonyl (C=O) groups is 2. The van der Waals surface area contributed by atoms with Crippen LogP contribution in [0.3, 0.4) is 0 Å². The molecule has 0 aliphatic rings. The number of halogens is 2. The topological polar surface area (TPSA) is 81.2 Å². The SMILES string of the molecule is C[C@H](OC(=O)c1ccc2nccnc2c1)C(=O)Nc1c(Cl)cccc1Cl. The van der Waals surface area contributed by atoms with Crippen LogP contribution in [0.1, 0.15) is 17.3 Å². The predicted molar refractivity (Wildman–Crippen MR) is 99.5 cm³/mol. The summed E-state index contributed by atoms with van der Waals surface area (Å²) in [5, 5.41) is 3.14. The van der Waals surface area contributed by atoms with Gasteiger partial charge >= 0.3 is 5.97 Å². The highest BCUT2D eigenvalue weighted by Gasteiger charge is 2.21. The number of anilines is 1. The summed E-state index contributed by atoms with van der Waals surface area (Å²) in [4.78, 5) is 32.8. The van der Waals surface area contributed by atoms with Crippen LogP contribution in [0.25, 0.3) is 11.0 Å². The van der Waals surface area contributed by atoms with E-state index in [0.29, 0.717) is 11.0 Å². The minimum absolute atomic E-state index is 0.268. The third kappa shape index (κ3) is 3.92. The molecule has 0 aliphatic carbocycles. The van der Waals surface area contributed by atoms with Crippen molar-refractivity contribution < 1.29 is 14.3 Å². The number of para-hydroxylation sites is 1. The molecule has 0 radical (unpaired) electrons. The van der Waals surface area contributed by atoms with Gasteiger partial charge in [-0.15, -0.1) is 0 Å². The number of fused-ring (bicyclic) bond motifs is 1. The zero-order chi connectivity index (χ0) is 18.7. The molecule has 0 saturated heterocycles. The highest BCUT2D eigenvalue weighted by atomic mass is 35.5. The molecular formula is C18H13Cl2N3O3. The summed E-state index contributed by atoms with van der Waals surface area (Å²) in [5.74, 6) is -1.20. The maximum absolute atomic E-state index is 12.3. The molecule has 1 aromatic heterocycles. The van der Waals surface area contributed by atoms with Crippen molar-refractivity contribution in [3.05, 3.63) is 64.4 Å². The lowest BCUT2D eigenvalue weighted by Gasteiger charge is -2.15. The molecule has 0 unspecified atom stereocenters. The summed E-state index contributed by atoms with van der Waals surface area (Å²) in [7, 11) is 0. The normalized spacial score (nSPS) is 11.8. The Hall–Kier alpha value is -2.70. The summed E-state index contributed by atoms with van der Waals surface area (Å²) in [6.45, 7) is 1.46. The van der Waals surface area contributed by atoms with Crippen molar-refractivity contribution in [3.8, 4) is 0 Å². The van der Waals surface area contributed by atoms with Crippen LogP contribution in [-0.2, 0) is 9.53 Å². The Balaban J connectivity index is 1.70. The first kappa shape index (κ1) is 18.1. The second kappa shape index (κ2) is 7.68. The van der Waals surface area contributed by atoms with Crippen LogP contribution < -0.4 is 5.32 Å². The van der Waals surface area contributed by atoms with Gasteiger partial charge in [-0.2, -0.15) is 0 Å². The van der Waals surface area contributed by atoms with E-state index in [9.17, 15) is 9.59 Å². The van der Waals surface area contributed by atoms with Crippen molar-refractivity contribution in [3.63, 3.8) is 0 Å². The number of aromatic nitrogens is 2. The number of hydrogen-bond acceptors (Lipinski definition) is 5. The van der Waals surface area contributed by atoms with Crippen LogP contribution >= 0.6 is 23.2 Å². The molecule has 0 fully saturated rings. The Bertz CT molecular complexity index is 974. The van der Waals surface area contributed by atoms with Crippen molar-refractivity contribution in [1.29, 1.82) is 0 Å². The molecule has 1 heterocycles. The molecule has 0 aliphatic heterocycles. The second-order valence-corrected chi connectivity index (χ2v) is 6.21. The number of benzene rings is 2. The number of nitrogens with one attached hydrogen (secondary N) is 1. The average Bonchev–Trinajstić information content (AvgIpc) is 2.64. The fourth-order valence-electron chi connectivity index (χ4n) is 2.21. The Morgan fingerprint density at radius 2 is 1.69 bits per heavy atom. The van der Waals surface area contributed by atoms with Gasteiger partial charge in [0.1, 0.15) is 0 Å². The van der Waals surface area contributed by atoms with Gasteiger partial charge in [-0.3, -0.25) is 14.8 Å². The maximum Gasteiger partial charge on any atom is 0.338 e. The van der Waals surface area contributed by atoms with E-state index in [2.05, 4.69) is 15.3 Å². The van der Waals surface area contributed by atoms with Crippen LogP contribution in [0.2, 0.25) is 10.0 Å². The van der Waals surface area contributed by atoms with E-state index in [0.717, 1.165) is 0 Å². The molecule has 0 bridgehead atoms. The quantitative estimate of drug-likeness (QED) is 0.678. The van der Waals surface area contributed by atoms with E-state index in [1.54, 1.807) is 42.6 Å². The van der Waals surface area contributed by atoms with Crippen LogP contribution in [0, 0.1) is 0 Å². The van der Waals surface area contributed by atoms with Gasteiger partial charge in [0, 0.05) is 12.4 Å². The number of ether oxygens (including phenoxy) is 1. The number of esters is 1. The van der Waals surface area contributed by atoms with Crippen molar-refractivity contribution in [2.45, 2.75) is 13.0 Å². The molecule has 132 valence electrons. The van der Waals surface area contributed by atoms with Crippen LogP contribution in [0.15, 0.2) is 48.8 Å². The maximum atomic E-state index is 12.3. The van der Waals surface area contributed by atoms with E-state index >= 15 is 0 Å². The summed E-state index contributed by atoms with van der Waals surface area (Å²) in [5.41, 5.74) is 1.75. The summed E-state index contributed by atoms with van der Waals surface area (Å²) in [6.07, 6.45) is 2.04. The summed E-state index contributed by atoms with van der Waals surface area (Å²) < 4.78 is 5.21. The number of rotatable bonds is 4. The van der Waals surface area contributed by atoms with Crippen LogP contribution in [0.5, 0.6) is 0 Å². The number of nitrogens with zero attached hydrogens (tertiary/aromatic N) is 2. The third-order valence-electron chi connectivity index (χ3n) is 3.57. The first-order chi connectivity index (χ1) is 12.5. The lowest BCUT2D eigenvalue weighted by Crippen LogP contribution is -2.30. The molecule has 0 spiro atoms. The van der Waals surface area contributed by atoms with E-state index < -0.39 is 18.0 Å². The van der Waals surface area contributed by atoms with Crippen LogP contribution in [0.4, 0.5) is 5.69 Å². The van der Waals surface area contributed by atoms with Gasteiger partial charge in [0.05, 0.1) is 32.3 Å². The minimum Gasteiger partial charge on any atom is -0.449 e. The molecule has 2 aromatic carbocycles. The fourth-order valence-corrected chi connectivity index (χ4v) is 2.71. The highest BCUT2D eigenvalue weighted by molar-refractivity contribution is 6.39. The molecule has 1 atom stereocenters. The van der Waals surface area contributed by atoms with Crippen molar-refractivity contribution in [2.24, 2.45) is 0 Å². The van der Waals surface area contributed by atoms with Gasteiger partial charge in [-0.1, -0.05) is 29.3 Å². The number of hydrogen-bond donors (Lipinski definition) is 1. The average molecular weight is 390 g/mol. The predicted octanol–water partition coefficient (Wildman–Crippen LogP) is 4.12. The highest BCUT2D eigenvalue weighted by Crippen LogP contribution is 2.30. The Kier molecular flexibility index (Phi) is 5.35. The van der Waals surface area contributed by atoms with E-state index in [4.69, 9.17) is 27.9 Å². The Morgan fingerprint density at radius 3 is 2.38 bits per heavy atom. The molecule has 8 heteroatoms. The number of amides is 1. The zero-order valence-corrected chi connectivity index (χ0v) is 15.1. The molecule has 1 amide bonds. The first-order valence-electron chi connectivity index (χ1n) is 7.62. The van der Waals surface area contributed by atoms with Gasteiger partial charge < -0.3 is 10.1 Å². The van der Waals surface area contributed by atoms with Gasteiger partial charge in [0.15, 0.2) is 6.10 Å². The molecule has 6 nitrogen and oxygen atoms in total. The Labute approximate surface area is 159 Å². The van der Waals surface area contributed by atoms with Crippen molar-refractivity contribution in [1.82, 2.24) is 9.97 Å². The zero-order valence-electron chi connectivity index (χ0n) is 13.6.